The number of piperidine rings is 1. The summed E-state index contributed by atoms with van der Waals surface area (Å²) in [6.45, 7) is 4.46. The predicted octanol–water partition coefficient (Wildman–Crippen LogP) is 1.93. The first kappa shape index (κ1) is 9.22. The first-order chi connectivity index (χ1) is 6.16. The Balaban J connectivity index is 2.06. The summed E-state index contributed by atoms with van der Waals surface area (Å²) in [7, 11) is 0. The number of fused-ring (bicyclic) bond motifs is 2. The summed E-state index contributed by atoms with van der Waals surface area (Å²) in [5.74, 6) is 0.420. The van der Waals surface area contributed by atoms with Crippen LogP contribution in [0.5, 0.6) is 0 Å². The number of carbonyl (C=O) groups excluding carboxylic acids is 1. The van der Waals surface area contributed by atoms with Gasteiger partial charge in [0, 0.05) is 36.5 Å². The fourth-order valence-electron chi connectivity index (χ4n) is 2.52. The van der Waals surface area contributed by atoms with Gasteiger partial charge in [-0.1, -0.05) is 18.2 Å². The molecule has 2 aliphatic heterocycles. The van der Waals surface area contributed by atoms with Crippen LogP contribution in [0, 0.1) is 0 Å². The highest BCUT2D eigenvalue weighted by Crippen LogP contribution is 2.34. The van der Waals surface area contributed by atoms with Crippen molar-refractivity contribution in [3.8, 4) is 0 Å². The Morgan fingerprint density at radius 2 is 2.00 bits per heavy atom. The van der Waals surface area contributed by atoms with Gasteiger partial charge in [-0.3, -0.25) is 9.69 Å². The Labute approximate surface area is 83.5 Å². The summed E-state index contributed by atoms with van der Waals surface area (Å²) >= 11 is 5.78. The van der Waals surface area contributed by atoms with Crippen LogP contribution < -0.4 is 0 Å². The summed E-state index contributed by atoms with van der Waals surface area (Å²) in [6, 6.07) is 0.892. The van der Waals surface area contributed by atoms with E-state index in [4.69, 9.17) is 11.6 Å². The zero-order chi connectivity index (χ0) is 9.42. The quantitative estimate of drug-likeness (QED) is 0.678. The van der Waals surface area contributed by atoms with E-state index in [2.05, 4.69) is 11.5 Å². The standard InChI is InChI=1S/C10H14ClNO/c1-7(11)6-12-8-2-3-9(12)5-10(13)4-8/h8-9H,1-6H2. The normalized spacial score (nSPS) is 33.8. The molecule has 0 aromatic rings. The number of ketones is 1. The van der Waals surface area contributed by atoms with Crippen LogP contribution in [-0.4, -0.2) is 29.3 Å². The molecule has 0 N–H and O–H groups in total. The molecule has 3 heteroatoms. The van der Waals surface area contributed by atoms with E-state index in [0.29, 0.717) is 22.9 Å². The van der Waals surface area contributed by atoms with Crippen molar-refractivity contribution in [3.05, 3.63) is 11.6 Å². The second-order valence-electron chi connectivity index (χ2n) is 4.02. The van der Waals surface area contributed by atoms with Gasteiger partial charge in [-0.25, -0.2) is 0 Å². The monoisotopic (exact) mass is 199 g/mol. The van der Waals surface area contributed by atoms with E-state index in [9.17, 15) is 4.79 Å². The van der Waals surface area contributed by atoms with E-state index in [1.807, 2.05) is 0 Å². The number of hydrogen-bond donors (Lipinski definition) is 0. The Bertz CT molecular complexity index is 235. The van der Waals surface area contributed by atoms with Crippen molar-refractivity contribution in [1.82, 2.24) is 4.90 Å². The van der Waals surface area contributed by atoms with Crippen LogP contribution in [0.1, 0.15) is 25.7 Å². The average Bonchev–Trinajstić information content (AvgIpc) is 2.32. The maximum Gasteiger partial charge on any atom is 0.136 e. The van der Waals surface area contributed by atoms with Gasteiger partial charge in [-0.2, -0.15) is 0 Å². The molecule has 0 amide bonds. The molecule has 0 spiro atoms. The van der Waals surface area contributed by atoms with Gasteiger partial charge in [0.05, 0.1) is 0 Å². The van der Waals surface area contributed by atoms with Gasteiger partial charge in [0.25, 0.3) is 0 Å². The van der Waals surface area contributed by atoms with Crippen molar-refractivity contribution >= 4 is 17.4 Å². The Morgan fingerprint density at radius 1 is 1.46 bits per heavy atom. The van der Waals surface area contributed by atoms with Gasteiger partial charge in [0.15, 0.2) is 0 Å². The number of carbonyl (C=O) groups is 1. The molecule has 2 nitrogen and oxygen atoms in total. The van der Waals surface area contributed by atoms with Crippen molar-refractivity contribution in [2.24, 2.45) is 0 Å². The molecule has 2 heterocycles. The second kappa shape index (κ2) is 3.43. The summed E-state index contributed by atoms with van der Waals surface area (Å²) in [5, 5.41) is 0.686. The lowest BCUT2D eigenvalue weighted by Crippen LogP contribution is -2.43. The van der Waals surface area contributed by atoms with Crippen molar-refractivity contribution in [3.63, 3.8) is 0 Å². The van der Waals surface area contributed by atoms with Gasteiger partial charge in [-0.05, 0) is 12.8 Å². The Kier molecular flexibility index (Phi) is 2.43. The van der Waals surface area contributed by atoms with Gasteiger partial charge >= 0.3 is 0 Å². The first-order valence-corrected chi connectivity index (χ1v) is 5.15. The molecule has 72 valence electrons. The molecule has 2 bridgehead atoms. The van der Waals surface area contributed by atoms with Crippen molar-refractivity contribution in [1.29, 1.82) is 0 Å². The molecule has 2 aliphatic rings. The van der Waals surface area contributed by atoms with Gasteiger partial charge in [0.2, 0.25) is 0 Å². The topological polar surface area (TPSA) is 20.3 Å². The fourth-order valence-corrected chi connectivity index (χ4v) is 2.66. The molecule has 2 saturated heterocycles. The van der Waals surface area contributed by atoms with Crippen LogP contribution in [-0.2, 0) is 4.79 Å². The molecule has 0 saturated carbocycles. The van der Waals surface area contributed by atoms with E-state index in [1.54, 1.807) is 0 Å². The molecule has 2 fully saturated rings. The largest absolute Gasteiger partial charge is 0.300 e. The zero-order valence-electron chi connectivity index (χ0n) is 7.63. The number of halogens is 1. The molecule has 2 atom stereocenters. The molecule has 0 aromatic heterocycles. The van der Waals surface area contributed by atoms with Gasteiger partial charge in [0.1, 0.15) is 5.78 Å². The maximum absolute atomic E-state index is 11.3. The van der Waals surface area contributed by atoms with Crippen LogP contribution >= 0.6 is 11.6 Å². The number of Topliss-reactive ketones (excluding diaryl/α,β-unsaturated/α-hetero) is 1. The first-order valence-electron chi connectivity index (χ1n) is 4.77. The molecule has 0 aromatic carbocycles. The van der Waals surface area contributed by atoms with Crippen LogP contribution in [0.3, 0.4) is 0 Å². The highest BCUT2D eigenvalue weighted by atomic mass is 35.5. The molecular formula is C10H14ClNO. The number of nitrogens with zero attached hydrogens (tertiary/aromatic N) is 1. The molecule has 0 aliphatic carbocycles. The SMILES string of the molecule is C=C(Cl)CN1C2CCC1CC(=O)C2. The molecule has 0 radical (unpaired) electrons. The van der Waals surface area contributed by atoms with Crippen molar-refractivity contribution in [2.45, 2.75) is 37.8 Å². The lowest BCUT2D eigenvalue weighted by atomic mass is 10.0. The fraction of sp³-hybridized carbons (Fsp3) is 0.700. The smallest absolute Gasteiger partial charge is 0.136 e. The third kappa shape index (κ3) is 1.79. The predicted molar refractivity (Wildman–Crippen MR) is 52.8 cm³/mol. The maximum atomic E-state index is 11.3. The van der Waals surface area contributed by atoms with Crippen LogP contribution in [0.2, 0.25) is 0 Å². The van der Waals surface area contributed by atoms with E-state index in [1.165, 1.54) is 0 Å². The average molecular weight is 200 g/mol. The van der Waals surface area contributed by atoms with Gasteiger partial charge < -0.3 is 0 Å². The second-order valence-corrected chi connectivity index (χ2v) is 4.56. The lowest BCUT2D eigenvalue weighted by molar-refractivity contribution is -0.123. The summed E-state index contributed by atoms with van der Waals surface area (Å²) in [4.78, 5) is 13.6. The number of hydrogen-bond acceptors (Lipinski definition) is 2. The minimum Gasteiger partial charge on any atom is -0.300 e. The highest BCUT2D eigenvalue weighted by Gasteiger charge is 2.39. The van der Waals surface area contributed by atoms with Gasteiger partial charge in [-0.15, -0.1) is 0 Å². The van der Waals surface area contributed by atoms with E-state index in [0.717, 1.165) is 32.2 Å². The van der Waals surface area contributed by atoms with E-state index >= 15 is 0 Å². The molecular weight excluding hydrogens is 186 g/mol. The van der Waals surface area contributed by atoms with Crippen molar-refractivity contribution in [2.75, 3.05) is 6.54 Å². The van der Waals surface area contributed by atoms with Crippen LogP contribution in [0.25, 0.3) is 0 Å². The zero-order valence-corrected chi connectivity index (χ0v) is 8.39. The van der Waals surface area contributed by atoms with Crippen LogP contribution in [0.15, 0.2) is 11.6 Å². The molecule has 2 rings (SSSR count). The third-order valence-corrected chi connectivity index (χ3v) is 3.17. The molecule has 13 heavy (non-hydrogen) atoms. The minimum atomic E-state index is 0.420. The third-order valence-electron chi connectivity index (χ3n) is 3.05. The van der Waals surface area contributed by atoms with Crippen LogP contribution in [0.4, 0.5) is 0 Å². The summed E-state index contributed by atoms with van der Waals surface area (Å²) in [5.41, 5.74) is 0. The number of rotatable bonds is 2. The van der Waals surface area contributed by atoms with E-state index < -0.39 is 0 Å². The Morgan fingerprint density at radius 3 is 2.46 bits per heavy atom. The van der Waals surface area contributed by atoms with Crippen molar-refractivity contribution < 1.29 is 4.79 Å². The van der Waals surface area contributed by atoms with E-state index in [-0.39, 0.29) is 0 Å². The Hall–Kier alpha value is -0.340. The summed E-state index contributed by atoms with van der Waals surface area (Å²) in [6.07, 6.45) is 3.75. The lowest BCUT2D eigenvalue weighted by Gasteiger charge is -2.33. The minimum absolute atomic E-state index is 0.420. The molecule has 2 unspecified atom stereocenters. The highest BCUT2D eigenvalue weighted by molar-refractivity contribution is 6.29. The summed E-state index contributed by atoms with van der Waals surface area (Å²) < 4.78 is 0.